The van der Waals surface area contributed by atoms with E-state index in [4.69, 9.17) is 0 Å². The number of para-hydroxylation sites is 1. The number of nitrogens with one attached hydrogen (secondary N) is 1. The van der Waals surface area contributed by atoms with Crippen molar-refractivity contribution in [3.8, 4) is 0 Å². The molecule has 2 aromatic rings. The highest BCUT2D eigenvalue weighted by atomic mass is 16.2. The molecule has 0 saturated carbocycles. The maximum Gasteiger partial charge on any atom is 0.249 e. The van der Waals surface area contributed by atoms with Crippen LogP contribution in [0.15, 0.2) is 36.9 Å². The van der Waals surface area contributed by atoms with E-state index in [0.29, 0.717) is 0 Å². The summed E-state index contributed by atoms with van der Waals surface area (Å²) in [5, 5.41) is 6.97. The molecule has 1 N–H and O–H groups in total. The van der Waals surface area contributed by atoms with Crippen LogP contribution in [0.5, 0.6) is 0 Å². The molecule has 2 heterocycles. The van der Waals surface area contributed by atoms with Crippen LogP contribution in [0.3, 0.4) is 0 Å². The number of rotatable bonds is 1. The third-order valence-electron chi connectivity index (χ3n) is 3.02. The second-order valence-corrected chi connectivity index (χ2v) is 4.08. The van der Waals surface area contributed by atoms with Crippen molar-refractivity contribution in [3.63, 3.8) is 0 Å². The number of carbonyl (C=O) groups excluding carboxylic acids is 1. The number of hydrogen-bond acceptors (Lipinski definition) is 3. The molecule has 1 amide bonds. The Hall–Kier alpha value is -2.17. The van der Waals surface area contributed by atoms with E-state index in [1.165, 1.54) is 11.9 Å². The van der Waals surface area contributed by atoms with E-state index in [0.717, 1.165) is 18.5 Å². The second kappa shape index (κ2) is 4.01. The number of amides is 1. The molecule has 3 rings (SSSR count). The molecule has 1 aromatic carbocycles. The average Bonchev–Trinajstić information content (AvgIpc) is 2.80. The zero-order valence-electron chi connectivity index (χ0n) is 9.21. The summed E-state index contributed by atoms with van der Waals surface area (Å²) in [6, 6.07) is 7.61. The van der Waals surface area contributed by atoms with Gasteiger partial charge in [-0.3, -0.25) is 4.79 Å². The smallest absolute Gasteiger partial charge is 0.249 e. The summed E-state index contributed by atoms with van der Waals surface area (Å²) in [5.41, 5.74) is 2.07. The third-order valence-corrected chi connectivity index (χ3v) is 3.02. The van der Waals surface area contributed by atoms with Gasteiger partial charge < -0.3 is 5.32 Å². The summed E-state index contributed by atoms with van der Waals surface area (Å²) in [5.74, 6) is -0.0274. The molecule has 5 heteroatoms. The van der Waals surface area contributed by atoms with Gasteiger partial charge in [-0.2, -0.15) is 5.10 Å². The number of fused-ring (bicyclic) bond motifs is 1. The van der Waals surface area contributed by atoms with Crippen molar-refractivity contribution in [1.29, 1.82) is 0 Å². The lowest BCUT2D eigenvalue weighted by molar-refractivity contribution is -0.119. The number of anilines is 1. The Morgan fingerprint density at radius 3 is 3.06 bits per heavy atom. The summed E-state index contributed by atoms with van der Waals surface area (Å²) >= 11 is 0. The molecular formula is C12H12N4O. The van der Waals surface area contributed by atoms with E-state index in [1.54, 1.807) is 11.0 Å². The zero-order valence-corrected chi connectivity index (χ0v) is 9.21. The van der Waals surface area contributed by atoms with Crippen LogP contribution in [-0.4, -0.2) is 20.7 Å². The first-order valence-electron chi connectivity index (χ1n) is 5.57. The van der Waals surface area contributed by atoms with Gasteiger partial charge in [0, 0.05) is 5.69 Å². The van der Waals surface area contributed by atoms with Crippen molar-refractivity contribution in [3.05, 3.63) is 42.5 Å². The van der Waals surface area contributed by atoms with Crippen molar-refractivity contribution in [2.75, 3.05) is 5.32 Å². The SMILES string of the molecule is O=C1Nc2ccccc2CCC1n1cncn1. The van der Waals surface area contributed by atoms with Crippen LogP contribution in [0.25, 0.3) is 0 Å². The first-order chi connectivity index (χ1) is 8.34. The fourth-order valence-electron chi connectivity index (χ4n) is 2.13. The van der Waals surface area contributed by atoms with Gasteiger partial charge in [0.15, 0.2) is 0 Å². The molecule has 86 valence electrons. The first kappa shape index (κ1) is 10.0. The Kier molecular flexibility index (Phi) is 2.36. The molecule has 0 radical (unpaired) electrons. The van der Waals surface area contributed by atoms with Crippen LogP contribution in [0.1, 0.15) is 18.0 Å². The van der Waals surface area contributed by atoms with Gasteiger partial charge in [-0.25, -0.2) is 9.67 Å². The number of nitrogens with zero attached hydrogens (tertiary/aromatic N) is 3. The molecule has 1 unspecified atom stereocenters. The van der Waals surface area contributed by atoms with Gasteiger partial charge in [0.2, 0.25) is 5.91 Å². The average molecular weight is 228 g/mol. The topological polar surface area (TPSA) is 59.8 Å². The Labute approximate surface area is 98.5 Å². The minimum atomic E-state index is -0.273. The molecule has 1 aromatic heterocycles. The molecule has 0 saturated heterocycles. The van der Waals surface area contributed by atoms with Crippen molar-refractivity contribution in [1.82, 2.24) is 14.8 Å². The van der Waals surface area contributed by atoms with E-state index in [1.807, 2.05) is 24.3 Å². The molecule has 0 spiro atoms. The predicted molar refractivity (Wildman–Crippen MR) is 62.5 cm³/mol. The monoisotopic (exact) mass is 228 g/mol. The minimum Gasteiger partial charge on any atom is -0.324 e. The highest BCUT2D eigenvalue weighted by Gasteiger charge is 2.25. The molecule has 0 fully saturated rings. The molecule has 0 aliphatic carbocycles. The largest absolute Gasteiger partial charge is 0.324 e. The lowest BCUT2D eigenvalue weighted by Crippen LogP contribution is -2.25. The van der Waals surface area contributed by atoms with Crippen LogP contribution >= 0.6 is 0 Å². The van der Waals surface area contributed by atoms with E-state index in [2.05, 4.69) is 15.4 Å². The molecule has 1 atom stereocenters. The van der Waals surface area contributed by atoms with Crippen molar-refractivity contribution in [2.45, 2.75) is 18.9 Å². The Balaban J connectivity index is 1.92. The van der Waals surface area contributed by atoms with Gasteiger partial charge in [-0.1, -0.05) is 18.2 Å². The lowest BCUT2D eigenvalue weighted by atomic mass is 10.1. The maximum absolute atomic E-state index is 12.1. The number of aromatic nitrogens is 3. The predicted octanol–water partition coefficient (Wildman–Crippen LogP) is 1.40. The van der Waals surface area contributed by atoms with Crippen LogP contribution in [0.4, 0.5) is 5.69 Å². The van der Waals surface area contributed by atoms with Gasteiger partial charge in [-0.15, -0.1) is 0 Å². The molecule has 1 aliphatic rings. The van der Waals surface area contributed by atoms with Gasteiger partial charge >= 0.3 is 0 Å². The highest BCUT2D eigenvalue weighted by Crippen LogP contribution is 2.25. The van der Waals surface area contributed by atoms with E-state index in [9.17, 15) is 4.79 Å². The van der Waals surface area contributed by atoms with Gasteiger partial charge in [-0.05, 0) is 24.5 Å². The summed E-state index contributed by atoms with van der Waals surface area (Å²) in [4.78, 5) is 16.0. The number of benzene rings is 1. The number of aryl methyl sites for hydroxylation is 1. The molecule has 0 bridgehead atoms. The van der Waals surface area contributed by atoms with Crippen molar-refractivity contribution in [2.24, 2.45) is 0 Å². The quantitative estimate of drug-likeness (QED) is 0.802. The minimum absolute atomic E-state index is 0.0274. The maximum atomic E-state index is 12.1. The first-order valence-corrected chi connectivity index (χ1v) is 5.57. The third kappa shape index (κ3) is 1.80. The molecule has 1 aliphatic heterocycles. The van der Waals surface area contributed by atoms with Crippen LogP contribution in [0, 0.1) is 0 Å². The molecular weight excluding hydrogens is 216 g/mol. The summed E-state index contributed by atoms with van der Waals surface area (Å²) in [6.45, 7) is 0. The summed E-state index contributed by atoms with van der Waals surface area (Å²) in [6.07, 6.45) is 4.64. The van der Waals surface area contributed by atoms with Crippen LogP contribution in [0.2, 0.25) is 0 Å². The Morgan fingerprint density at radius 2 is 2.24 bits per heavy atom. The van der Waals surface area contributed by atoms with Gasteiger partial charge in [0.1, 0.15) is 18.7 Å². The molecule has 17 heavy (non-hydrogen) atoms. The zero-order chi connectivity index (χ0) is 11.7. The number of hydrogen-bond donors (Lipinski definition) is 1. The van der Waals surface area contributed by atoms with E-state index in [-0.39, 0.29) is 11.9 Å². The van der Waals surface area contributed by atoms with E-state index >= 15 is 0 Å². The second-order valence-electron chi connectivity index (χ2n) is 4.08. The summed E-state index contributed by atoms with van der Waals surface area (Å²) in [7, 11) is 0. The molecule has 5 nitrogen and oxygen atoms in total. The lowest BCUT2D eigenvalue weighted by Gasteiger charge is -2.12. The highest BCUT2D eigenvalue weighted by molar-refractivity contribution is 5.95. The van der Waals surface area contributed by atoms with Gasteiger partial charge in [0.25, 0.3) is 0 Å². The fraction of sp³-hybridized carbons (Fsp3) is 0.250. The number of carbonyl (C=O) groups is 1. The van der Waals surface area contributed by atoms with Crippen LogP contribution in [-0.2, 0) is 11.2 Å². The Morgan fingerprint density at radius 1 is 1.35 bits per heavy atom. The van der Waals surface area contributed by atoms with Crippen LogP contribution < -0.4 is 5.32 Å². The van der Waals surface area contributed by atoms with Crippen molar-refractivity contribution >= 4 is 11.6 Å². The fourth-order valence-corrected chi connectivity index (χ4v) is 2.13. The van der Waals surface area contributed by atoms with Gasteiger partial charge in [0.05, 0.1) is 0 Å². The normalized spacial score (nSPS) is 19.3. The Bertz CT molecular complexity index is 535. The standard InChI is InChI=1S/C12H12N4O/c17-12-11(16-8-13-7-14-16)6-5-9-3-1-2-4-10(9)15-12/h1-4,7-8,11H,5-6H2,(H,15,17). The van der Waals surface area contributed by atoms with E-state index < -0.39 is 0 Å². The van der Waals surface area contributed by atoms with Crippen molar-refractivity contribution < 1.29 is 4.79 Å². The summed E-state index contributed by atoms with van der Waals surface area (Å²) < 4.78 is 1.61.